The van der Waals surface area contributed by atoms with Gasteiger partial charge in [0.1, 0.15) is 5.69 Å². The maximum absolute atomic E-state index is 5.99. The van der Waals surface area contributed by atoms with Crippen LogP contribution >= 0.6 is 11.6 Å². The number of hydrogen-bond acceptors (Lipinski definition) is 2. The second kappa shape index (κ2) is 4.39. The predicted molar refractivity (Wildman–Crippen MR) is 74.7 cm³/mol. The fourth-order valence-corrected chi connectivity index (χ4v) is 2.16. The van der Waals surface area contributed by atoms with Gasteiger partial charge in [0.05, 0.1) is 6.20 Å². The number of halogens is 1. The molecule has 0 aliphatic rings. The molecule has 0 unspecified atom stereocenters. The maximum atomic E-state index is 5.99. The minimum atomic E-state index is 0.713. The van der Waals surface area contributed by atoms with Crippen molar-refractivity contribution >= 4 is 22.4 Å². The molecule has 0 fully saturated rings. The molecule has 0 atom stereocenters. The first-order chi connectivity index (χ1) is 8.74. The summed E-state index contributed by atoms with van der Waals surface area (Å²) < 4.78 is 0. The van der Waals surface area contributed by atoms with E-state index in [-0.39, 0.29) is 0 Å². The van der Waals surface area contributed by atoms with Crippen LogP contribution in [0.1, 0.15) is 5.56 Å². The van der Waals surface area contributed by atoms with Crippen molar-refractivity contribution in [3.8, 4) is 11.3 Å². The van der Waals surface area contributed by atoms with Crippen molar-refractivity contribution in [1.82, 2.24) is 10.2 Å². The van der Waals surface area contributed by atoms with E-state index in [9.17, 15) is 0 Å². The second-order valence-corrected chi connectivity index (χ2v) is 4.73. The number of rotatable bonds is 1. The maximum Gasteiger partial charge on any atom is 0.101 e. The van der Waals surface area contributed by atoms with Crippen molar-refractivity contribution in [2.75, 3.05) is 0 Å². The molecule has 3 rings (SSSR count). The van der Waals surface area contributed by atoms with Gasteiger partial charge in [-0.05, 0) is 19.1 Å². The van der Waals surface area contributed by atoms with E-state index in [2.05, 4.69) is 41.4 Å². The first-order valence-corrected chi connectivity index (χ1v) is 6.10. The van der Waals surface area contributed by atoms with Gasteiger partial charge in [-0.1, -0.05) is 47.5 Å². The summed E-state index contributed by atoms with van der Waals surface area (Å²) in [6, 6.07) is 14.0. The van der Waals surface area contributed by atoms with E-state index in [0.717, 1.165) is 22.0 Å². The third kappa shape index (κ3) is 1.95. The Balaban J connectivity index is 2.26. The molecule has 0 N–H and O–H groups in total. The minimum Gasteiger partial charge on any atom is -0.158 e. The molecular weight excluding hydrogens is 244 g/mol. The van der Waals surface area contributed by atoms with E-state index in [0.29, 0.717) is 5.02 Å². The largest absolute Gasteiger partial charge is 0.158 e. The summed E-state index contributed by atoms with van der Waals surface area (Å²) >= 11 is 5.99. The number of aryl methyl sites for hydroxylation is 1. The van der Waals surface area contributed by atoms with Gasteiger partial charge in [-0.25, -0.2) is 0 Å². The van der Waals surface area contributed by atoms with Crippen LogP contribution in [-0.4, -0.2) is 10.2 Å². The number of fused-ring (bicyclic) bond motifs is 1. The molecule has 0 aliphatic heterocycles. The fraction of sp³-hybridized carbons (Fsp3) is 0.0667. The van der Waals surface area contributed by atoms with E-state index >= 15 is 0 Å². The van der Waals surface area contributed by atoms with Crippen LogP contribution in [0.5, 0.6) is 0 Å². The Kier molecular flexibility index (Phi) is 2.73. The molecule has 0 saturated heterocycles. The first-order valence-electron chi connectivity index (χ1n) is 5.72. The van der Waals surface area contributed by atoms with Gasteiger partial charge in [-0.3, -0.25) is 0 Å². The average Bonchev–Trinajstić information content (AvgIpc) is 2.38. The zero-order chi connectivity index (χ0) is 12.5. The van der Waals surface area contributed by atoms with Crippen LogP contribution in [0.25, 0.3) is 22.0 Å². The Morgan fingerprint density at radius 1 is 1.00 bits per heavy atom. The summed E-state index contributed by atoms with van der Waals surface area (Å²) in [7, 11) is 0. The van der Waals surface area contributed by atoms with Crippen molar-refractivity contribution in [3.63, 3.8) is 0 Å². The Morgan fingerprint density at radius 2 is 1.78 bits per heavy atom. The molecule has 18 heavy (non-hydrogen) atoms. The van der Waals surface area contributed by atoms with Gasteiger partial charge in [0.2, 0.25) is 0 Å². The third-order valence-electron chi connectivity index (χ3n) is 2.95. The average molecular weight is 255 g/mol. The Bertz CT molecular complexity index is 705. The molecule has 0 aliphatic carbocycles. The standard InChI is InChI=1S/C15H11ClN2/c1-10-2-4-11(5-3-10)15-14-7-6-13(16)8-12(14)9-17-18-15/h2-9H,1H3. The number of nitrogens with zero attached hydrogens (tertiary/aromatic N) is 2. The van der Waals surface area contributed by atoms with Crippen molar-refractivity contribution in [2.24, 2.45) is 0 Å². The Labute approximate surface area is 110 Å². The van der Waals surface area contributed by atoms with Crippen LogP contribution in [-0.2, 0) is 0 Å². The molecule has 0 bridgehead atoms. The lowest BCUT2D eigenvalue weighted by Crippen LogP contribution is -1.89. The zero-order valence-corrected chi connectivity index (χ0v) is 10.6. The Morgan fingerprint density at radius 3 is 2.56 bits per heavy atom. The zero-order valence-electron chi connectivity index (χ0n) is 9.89. The van der Waals surface area contributed by atoms with Gasteiger partial charge in [0.15, 0.2) is 0 Å². The highest BCUT2D eigenvalue weighted by Gasteiger charge is 2.06. The van der Waals surface area contributed by atoms with Gasteiger partial charge in [0, 0.05) is 21.4 Å². The second-order valence-electron chi connectivity index (χ2n) is 4.29. The lowest BCUT2D eigenvalue weighted by atomic mass is 10.0. The topological polar surface area (TPSA) is 25.8 Å². The first kappa shape index (κ1) is 11.2. The molecule has 1 aromatic heterocycles. The number of hydrogen-bond donors (Lipinski definition) is 0. The van der Waals surface area contributed by atoms with Gasteiger partial charge in [-0.2, -0.15) is 5.10 Å². The molecule has 0 saturated carbocycles. The minimum absolute atomic E-state index is 0.713. The fourth-order valence-electron chi connectivity index (χ4n) is 1.98. The molecule has 2 aromatic carbocycles. The van der Waals surface area contributed by atoms with Crippen molar-refractivity contribution in [2.45, 2.75) is 6.92 Å². The Hall–Kier alpha value is -1.93. The van der Waals surface area contributed by atoms with Crippen LogP contribution in [0.15, 0.2) is 48.7 Å². The van der Waals surface area contributed by atoms with Crippen LogP contribution < -0.4 is 0 Å². The summed E-state index contributed by atoms with van der Waals surface area (Å²) in [4.78, 5) is 0. The lowest BCUT2D eigenvalue weighted by Gasteiger charge is -2.05. The third-order valence-corrected chi connectivity index (χ3v) is 3.18. The van der Waals surface area contributed by atoms with E-state index in [1.165, 1.54) is 5.56 Å². The van der Waals surface area contributed by atoms with E-state index < -0.39 is 0 Å². The molecule has 88 valence electrons. The number of benzene rings is 2. The summed E-state index contributed by atoms with van der Waals surface area (Å²) in [6.45, 7) is 2.07. The van der Waals surface area contributed by atoms with Crippen LogP contribution in [0.3, 0.4) is 0 Å². The van der Waals surface area contributed by atoms with Crippen LogP contribution in [0.4, 0.5) is 0 Å². The monoisotopic (exact) mass is 254 g/mol. The van der Waals surface area contributed by atoms with Gasteiger partial charge in [-0.15, -0.1) is 5.10 Å². The highest BCUT2D eigenvalue weighted by Crippen LogP contribution is 2.27. The molecule has 3 heteroatoms. The summed E-state index contributed by atoms with van der Waals surface area (Å²) in [5.41, 5.74) is 3.19. The SMILES string of the molecule is Cc1ccc(-c2nncc3cc(Cl)ccc23)cc1. The van der Waals surface area contributed by atoms with Gasteiger partial charge < -0.3 is 0 Å². The highest BCUT2D eigenvalue weighted by molar-refractivity contribution is 6.31. The van der Waals surface area contributed by atoms with E-state index in [4.69, 9.17) is 11.6 Å². The van der Waals surface area contributed by atoms with Crippen molar-refractivity contribution in [3.05, 3.63) is 59.2 Å². The summed E-state index contributed by atoms with van der Waals surface area (Å²) in [6.07, 6.45) is 1.74. The molecule has 0 spiro atoms. The van der Waals surface area contributed by atoms with Crippen molar-refractivity contribution in [1.29, 1.82) is 0 Å². The van der Waals surface area contributed by atoms with Gasteiger partial charge in [0.25, 0.3) is 0 Å². The molecular formula is C15H11ClN2. The summed E-state index contributed by atoms with van der Waals surface area (Å²) in [5.74, 6) is 0. The van der Waals surface area contributed by atoms with Crippen LogP contribution in [0.2, 0.25) is 5.02 Å². The van der Waals surface area contributed by atoms with Gasteiger partial charge >= 0.3 is 0 Å². The smallest absolute Gasteiger partial charge is 0.101 e. The summed E-state index contributed by atoms with van der Waals surface area (Å²) in [5, 5.41) is 11.1. The molecule has 2 nitrogen and oxygen atoms in total. The number of aromatic nitrogens is 2. The highest BCUT2D eigenvalue weighted by atomic mass is 35.5. The molecule has 0 amide bonds. The van der Waals surface area contributed by atoms with Crippen LogP contribution in [0, 0.1) is 6.92 Å². The van der Waals surface area contributed by atoms with Crippen molar-refractivity contribution < 1.29 is 0 Å². The molecule has 0 radical (unpaired) electrons. The quantitative estimate of drug-likeness (QED) is 0.648. The predicted octanol–water partition coefficient (Wildman–Crippen LogP) is 4.26. The molecule has 1 heterocycles. The van der Waals surface area contributed by atoms with E-state index in [1.54, 1.807) is 6.20 Å². The normalized spacial score (nSPS) is 10.8. The van der Waals surface area contributed by atoms with E-state index in [1.807, 2.05) is 18.2 Å². The lowest BCUT2D eigenvalue weighted by molar-refractivity contribution is 1.06. The molecule has 3 aromatic rings.